The van der Waals surface area contributed by atoms with Crippen LogP contribution in [0, 0.1) is 11.3 Å². The predicted molar refractivity (Wildman–Crippen MR) is 111 cm³/mol. The molecule has 7 heteroatoms. The maximum atomic E-state index is 13.2. The fourth-order valence-electron chi connectivity index (χ4n) is 3.60. The number of nitrogens with one attached hydrogen (secondary N) is 2. The maximum absolute atomic E-state index is 13.2. The zero-order chi connectivity index (χ0) is 21.2. The highest BCUT2D eigenvalue weighted by atomic mass is 16.2. The van der Waals surface area contributed by atoms with Crippen molar-refractivity contribution in [2.75, 3.05) is 20.6 Å². The summed E-state index contributed by atoms with van der Waals surface area (Å²) in [6.45, 7) is 14.9. The second-order valence-corrected chi connectivity index (χ2v) is 9.43. The van der Waals surface area contributed by atoms with Gasteiger partial charge in [-0.3, -0.25) is 9.59 Å². The Hall–Kier alpha value is -1.89. The second kappa shape index (κ2) is 8.64. The Bertz CT molecular complexity index is 717. The molecule has 2 N–H and O–H groups in total. The molecular weight excluding hydrogens is 354 g/mol. The van der Waals surface area contributed by atoms with Crippen LogP contribution in [-0.2, 0) is 17.9 Å². The molecule has 0 aliphatic carbocycles. The Morgan fingerprint density at radius 3 is 2.32 bits per heavy atom. The van der Waals surface area contributed by atoms with Gasteiger partial charge >= 0.3 is 0 Å². The minimum absolute atomic E-state index is 0.195. The molecule has 158 valence electrons. The van der Waals surface area contributed by atoms with Crippen LogP contribution in [0.3, 0.4) is 0 Å². The van der Waals surface area contributed by atoms with Gasteiger partial charge in [0.15, 0.2) is 5.69 Å². The molecule has 2 amide bonds. The first-order valence-electron chi connectivity index (χ1n) is 10.3. The number of aromatic nitrogens is 2. The lowest BCUT2D eigenvalue weighted by atomic mass is 9.86. The summed E-state index contributed by atoms with van der Waals surface area (Å²) in [5.74, 6) is 1.18. The zero-order valence-electron chi connectivity index (χ0n) is 18.7. The first-order chi connectivity index (χ1) is 13.0. The molecule has 1 aromatic rings. The molecule has 1 aromatic heterocycles. The van der Waals surface area contributed by atoms with E-state index in [0.717, 1.165) is 31.0 Å². The van der Waals surface area contributed by atoms with Crippen molar-refractivity contribution in [3.05, 3.63) is 17.2 Å². The minimum Gasteiger partial charge on any atom is -0.357 e. The van der Waals surface area contributed by atoms with Crippen LogP contribution in [0.4, 0.5) is 0 Å². The van der Waals surface area contributed by atoms with Gasteiger partial charge in [0.25, 0.3) is 5.91 Å². The van der Waals surface area contributed by atoms with Crippen LogP contribution in [0.2, 0.25) is 0 Å². The predicted octanol–water partition coefficient (Wildman–Crippen LogP) is 2.37. The summed E-state index contributed by atoms with van der Waals surface area (Å²) in [6, 6.07) is -0.628. The standard InChI is InChI=1S/C21H37N5O2/c1-13(2)14(3)18-23-16(15-12-25(8)10-9-11-26(15)18)19(27)24-17(20(28)22-7)21(4,5)6/h13-14,17H,9-12H2,1-8H3,(H,22,28)(H,24,27). The van der Waals surface area contributed by atoms with E-state index in [1.54, 1.807) is 7.05 Å². The second-order valence-electron chi connectivity index (χ2n) is 9.43. The van der Waals surface area contributed by atoms with Crippen LogP contribution in [0.25, 0.3) is 0 Å². The van der Waals surface area contributed by atoms with Crippen LogP contribution in [0.5, 0.6) is 0 Å². The van der Waals surface area contributed by atoms with Crippen molar-refractivity contribution in [2.24, 2.45) is 11.3 Å². The van der Waals surface area contributed by atoms with Crippen LogP contribution >= 0.6 is 0 Å². The Balaban J connectivity index is 2.46. The lowest BCUT2D eigenvalue weighted by Crippen LogP contribution is -2.53. The number of amides is 2. The summed E-state index contributed by atoms with van der Waals surface area (Å²) in [4.78, 5) is 32.6. The van der Waals surface area contributed by atoms with E-state index >= 15 is 0 Å². The highest BCUT2D eigenvalue weighted by molar-refractivity contribution is 5.97. The number of rotatable bonds is 5. The molecule has 0 spiro atoms. The zero-order valence-corrected chi connectivity index (χ0v) is 18.7. The van der Waals surface area contributed by atoms with Gasteiger partial charge in [-0.05, 0) is 31.3 Å². The summed E-state index contributed by atoms with van der Waals surface area (Å²) in [5, 5.41) is 5.60. The van der Waals surface area contributed by atoms with Gasteiger partial charge in [0.2, 0.25) is 5.91 Å². The van der Waals surface area contributed by atoms with Crippen LogP contribution in [0.1, 0.15) is 75.9 Å². The van der Waals surface area contributed by atoms with Crippen LogP contribution < -0.4 is 10.6 Å². The van der Waals surface area contributed by atoms with Crippen LogP contribution in [0.15, 0.2) is 0 Å². The summed E-state index contributed by atoms with van der Waals surface area (Å²) in [5.41, 5.74) is 0.996. The average molecular weight is 392 g/mol. The van der Waals surface area contributed by atoms with Gasteiger partial charge in [0, 0.05) is 26.1 Å². The molecule has 1 aliphatic rings. The van der Waals surface area contributed by atoms with Crippen molar-refractivity contribution >= 4 is 11.8 Å². The van der Waals surface area contributed by atoms with E-state index in [1.807, 2.05) is 20.8 Å². The highest BCUT2D eigenvalue weighted by Crippen LogP contribution is 2.28. The Kier molecular flexibility index (Phi) is 6.91. The van der Waals surface area contributed by atoms with E-state index in [4.69, 9.17) is 4.98 Å². The number of hydrogen-bond donors (Lipinski definition) is 2. The van der Waals surface area contributed by atoms with Gasteiger partial charge in [-0.1, -0.05) is 41.5 Å². The molecule has 0 saturated carbocycles. The van der Waals surface area contributed by atoms with Crippen molar-refractivity contribution in [1.29, 1.82) is 0 Å². The van der Waals surface area contributed by atoms with Crippen molar-refractivity contribution in [1.82, 2.24) is 25.1 Å². The Labute approximate surface area is 169 Å². The molecule has 7 nitrogen and oxygen atoms in total. The molecule has 0 bridgehead atoms. The lowest BCUT2D eigenvalue weighted by Gasteiger charge is -2.29. The largest absolute Gasteiger partial charge is 0.357 e. The maximum Gasteiger partial charge on any atom is 0.272 e. The molecule has 2 rings (SSSR count). The third-order valence-corrected chi connectivity index (χ3v) is 5.72. The summed E-state index contributed by atoms with van der Waals surface area (Å²) in [7, 11) is 3.66. The van der Waals surface area contributed by atoms with Gasteiger partial charge in [-0.2, -0.15) is 0 Å². The number of fused-ring (bicyclic) bond motifs is 1. The molecular formula is C21H37N5O2. The number of carbonyl (C=O) groups is 2. The molecule has 0 radical (unpaired) electrons. The number of likely N-dealkylation sites (N-methyl/N-ethyl adjacent to an activating group) is 1. The monoisotopic (exact) mass is 391 g/mol. The molecule has 0 aromatic carbocycles. The molecule has 1 aliphatic heterocycles. The van der Waals surface area contributed by atoms with E-state index in [-0.39, 0.29) is 17.7 Å². The normalized spacial score (nSPS) is 17.6. The average Bonchev–Trinajstić information content (AvgIpc) is 2.83. The number of hydrogen-bond acceptors (Lipinski definition) is 4. The minimum atomic E-state index is -0.628. The SMILES string of the molecule is CNC(=O)C(NC(=O)c1nc(C(C)C(C)C)n2c1CN(C)CCC2)C(C)(C)C. The third kappa shape index (κ3) is 4.74. The van der Waals surface area contributed by atoms with Crippen LogP contribution in [-0.4, -0.2) is 52.9 Å². The first kappa shape index (κ1) is 22.4. The first-order valence-corrected chi connectivity index (χ1v) is 10.3. The van der Waals surface area contributed by atoms with E-state index in [9.17, 15) is 9.59 Å². The molecule has 28 heavy (non-hydrogen) atoms. The fourth-order valence-corrected chi connectivity index (χ4v) is 3.60. The summed E-state index contributed by atoms with van der Waals surface area (Å²) < 4.78 is 2.23. The van der Waals surface area contributed by atoms with Crippen molar-refractivity contribution in [3.8, 4) is 0 Å². The van der Waals surface area contributed by atoms with E-state index in [1.165, 1.54) is 0 Å². The van der Waals surface area contributed by atoms with Gasteiger partial charge in [0.05, 0.1) is 5.69 Å². The molecule has 2 unspecified atom stereocenters. The van der Waals surface area contributed by atoms with Crippen molar-refractivity contribution in [3.63, 3.8) is 0 Å². The van der Waals surface area contributed by atoms with Gasteiger partial charge < -0.3 is 20.1 Å². The van der Waals surface area contributed by atoms with Gasteiger partial charge in [-0.25, -0.2) is 4.98 Å². The van der Waals surface area contributed by atoms with Gasteiger partial charge in [-0.15, -0.1) is 0 Å². The fraction of sp³-hybridized carbons (Fsp3) is 0.762. The third-order valence-electron chi connectivity index (χ3n) is 5.72. The molecule has 0 saturated heterocycles. The number of carbonyl (C=O) groups excluding carboxylic acids is 2. The molecule has 2 atom stereocenters. The number of imidazole rings is 1. The summed E-state index contributed by atoms with van der Waals surface area (Å²) >= 11 is 0. The topological polar surface area (TPSA) is 79.3 Å². The molecule has 0 fully saturated rings. The highest BCUT2D eigenvalue weighted by Gasteiger charge is 2.35. The number of nitrogens with zero attached hydrogens (tertiary/aromatic N) is 3. The van der Waals surface area contributed by atoms with E-state index in [2.05, 4.69) is 47.9 Å². The Morgan fingerprint density at radius 1 is 1.14 bits per heavy atom. The van der Waals surface area contributed by atoms with Crippen molar-refractivity contribution in [2.45, 2.75) is 73.0 Å². The van der Waals surface area contributed by atoms with E-state index in [0.29, 0.717) is 18.2 Å². The smallest absolute Gasteiger partial charge is 0.272 e. The lowest BCUT2D eigenvalue weighted by molar-refractivity contribution is -0.124. The summed E-state index contributed by atoms with van der Waals surface area (Å²) in [6.07, 6.45) is 1.03. The molecule has 2 heterocycles. The quantitative estimate of drug-likeness (QED) is 0.808. The Morgan fingerprint density at radius 2 is 1.79 bits per heavy atom. The van der Waals surface area contributed by atoms with Crippen molar-refractivity contribution < 1.29 is 9.59 Å². The van der Waals surface area contributed by atoms with Gasteiger partial charge in [0.1, 0.15) is 11.9 Å². The van der Waals surface area contributed by atoms with E-state index < -0.39 is 11.5 Å².